The van der Waals surface area contributed by atoms with Crippen molar-refractivity contribution in [3.63, 3.8) is 0 Å². The highest BCUT2D eigenvalue weighted by Crippen LogP contribution is 2.26. The Morgan fingerprint density at radius 2 is 1.95 bits per heavy atom. The number of benzene rings is 1. The molecule has 4 nitrogen and oxygen atoms in total. The van der Waals surface area contributed by atoms with Crippen molar-refractivity contribution in [2.75, 3.05) is 5.73 Å². The van der Waals surface area contributed by atoms with Crippen LogP contribution in [0, 0.1) is 12.8 Å². The van der Waals surface area contributed by atoms with Gasteiger partial charge in [0.1, 0.15) is 0 Å². The van der Waals surface area contributed by atoms with E-state index in [1.165, 1.54) is 6.07 Å². The molecule has 0 saturated carbocycles. The minimum Gasteiger partial charge on any atom is -0.398 e. The smallest absolute Gasteiger partial charge is 0.241 e. The fourth-order valence-electron chi connectivity index (χ4n) is 2.10. The lowest BCUT2D eigenvalue weighted by Gasteiger charge is -2.18. The van der Waals surface area contributed by atoms with E-state index in [-0.39, 0.29) is 10.9 Å². The molecule has 1 aromatic rings. The van der Waals surface area contributed by atoms with Gasteiger partial charge in [-0.25, -0.2) is 13.1 Å². The number of anilines is 1. The number of nitrogen functional groups attached to an aromatic ring is 1. The van der Waals surface area contributed by atoms with Gasteiger partial charge < -0.3 is 5.73 Å². The highest BCUT2D eigenvalue weighted by molar-refractivity contribution is 9.10. The first kappa shape index (κ1) is 17.5. The van der Waals surface area contributed by atoms with Crippen molar-refractivity contribution in [3.05, 3.63) is 22.2 Å². The van der Waals surface area contributed by atoms with Crippen LogP contribution in [0.3, 0.4) is 0 Å². The zero-order valence-electron chi connectivity index (χ0n) is 12.4. The number of nitrogens with two attached hydrogens (primary N) is 1. The van der Waals surface area contributed by atoms with Crippen molar-refractivity contribution in [3.8, 4) is 0 Å². The maximum Gasteiger partial charge on any atom is 0.241 e. The molecule has 6 heteroatoms. The maximum atomic E-state index is 12.4. The van der Waals surface area contributed by atoms with Crippen molar-refractivity contribution in [2.24, 2.45) is 5.92 Å². The summed E-state index contributed by atoms with van der Waals surface area (Å²) in [4.78, 5) is 0.245. The number of hydrogen-bond donors (Lipinski definition) is 2. The molecule has 20 heavy (non-hydrogen) atoms. The van der Waals surface area contributed by atoms with Gasteiger partial charge in [-0.1, -0.05) is 20.3 Å². The molecule has 2 unspecified atom stereocenters. The summed E-state index contributed by atoms with van der Waals surface area (Å²) in [7, 11) is -3.53. The Hall–Kier alpha value is -0.590. The molecule has 0 spiro atoms. The monoisotopic (exact) mass is 362 g/mol. The first-order chi connectivity index (χ1) is 9.17. The minimum absolute atomic E-state index is 0.0979. The molecule has 0 heterocycles. The topological polar surface area (TPSA) is 72.2 Å². The molecule has 0 aliphatic rings. The minimum atomic E-state index is -3.53. The van der Waals surface area contributed by atoms with Crippen LogP contribution in [-0.4, -0.2) is 14.5 Å². The highest BCUT2D eigenvalue weighted by Gasteiger charge is 2.21. The molecular weight excluding hydrogens is 340 g/mol. The van der Waals surface area contributed by atoms with Gasteiger partial charge in [0.05, 0.1) is 4.90 Å². The number of halogens is 1. The lowest BCUT2D eigenvalue weighted by atomic mass is 10.0. The summed E-state index contributed by atoms with van der Waals surface area (Å²) in [6, 6.07) is 3.13. The maximum absolute atomic E-state index is 12.4. The van der Waals surface area contributed by atoms with E-state index in [9.17, 15) is 8.42 Å². The summed E-state index contributed by atoms with van der Waals surface area (Å²) in [5.74, 6) is 0.490. The van der Waals surface area contributed by atoms with Crippen LogP contribution >= 0.6 is 15.9 Å². The van der Waals surface area contributed by atoms with Crippen molar-refractivity contribution in [1.29, 1.82) is 0 Å². The van der Waals surface area contributed by atoms with E-state index in [4.69, 9.17) is 5.73 Å². The number of aryl methyl sites for hydroxylation is 1. The predicted molar refractivity (Wildman–Crippen MR) is 87.1 cm³/mol. The predicted octanol–water partition coefficient (Wildman–Crippen LogP) is 3.44. The van der Waals surface area contributed by atoms with Crippen LogP contribution in [0.25, 0.3) is 0 Å². The molecule has 0 amide bonds. The van der Waals surface area contributed by atoms with E-state index < -0.39 is 10.0 Å². The van der Waals surface area contributed by atoms with Gasteiger partial charge in [0.25, 0.3) is 0 Å². The normalized spacial score (nSPS) is 15.1. The van der Waals surface area contributed by atoms with Crippen molar-refractivity contribution < 1.29 is 8.42 Å². The summed E-state index contributed by atoms with van der Waals surface area (Å²) in [5.41, 5.74) is 6.88. The van der Waals surface area contributed by atoms with Crippen molar-refractivity contribution in [2.45, 2.75) is 51.5 Å². The zero-order valence-corrected chi connectivity index (χ0v) is 14.8. The molecule has 2 atom stereocenters. The number of rotatable bonds is 6. The third kappa shape index (κ3) is 4.46. The van der Waals surface area contributed by atoms with Crippen LogP contribution in [0.2, 0.25) is 0 Å². The summed E-state index contributed by atoms with van der Waals surface area (Å²) < 4.78 is 28.3. The molecule has 0 radical (unpaired) electrons. The third-order valence-electron chi connectivity index (χ3n) is 3.39. The summed E-state index contributed by atoms with van der Waals surface area (Å²) in [6.07, 6.45) is 1.86. The van der Waals surface area contributed by atoms with Gasteiger partial charge in [0, 0.05) is 16.2 Å². The fourth-order valence-corrected chi connectivity index (χ4v) is 4.08. The SMILES string of the molecule is CCC(C)CC(C)NS(=O)(=O)c1cc(N)c(Br)cc1C. The molecule has 0 aliphatic heterocycles. The molecule has 0 fully saturated rings. The second kappa shape index (κ2) is 6.91. The summed E-state index contributed by atoms with van der Waals surface area (Å²) >= 11 is 3.30. The summed E-state index contributed by atoms with van der Waals surface area (Å²) in [5, 5.41) is 0. The van der Waals surface area contributed by atoms with Gasteiger partial charge in [-0.2, -0.15) is 0 Å². The second-order valence-electron chi connectivity index (χ2n) is 5.41. The van der Waals surface area contributed by atoms with Crippen LogP contribution in [-0.2, 0) is 10.0 Å². The molecule has 1 aromatic carbocycles. The number of sulfonamides is 1. The largest absolute Gasteiger partial charge is 0.398 e. The lowest BCUT2D eigenvalue weighted by molar-refractivity contribution is 0.445. The van der Waals surface area contributed by atoms with E-state index in [0.717, 1.165) is 12.8 Å². The number of nitrogens with one attached hydrogen (secondary N) is 1. The molecule has 0 bridgehead atoms. The lowest BCUT2D eigenvalue weighted by Crippen LogP contribution is -2.34. The van der Waals surface area contributed by atoms with E-state index >= 15 is 0 Å². The van der Waals surface area contributed by atoms with Gasteiger partial charge in [0.2, 0.25) is 10.0 Å². The average molecular weight is 363 g/mol. The van der Waals surface area contributed by atoms with Crippen LogP contribution in [0.1, 0.15) is 39.2 Å². The molecular formula is C14H23BrN2O2S. The van der Waals surface area contributed by atoms with Crippen LogP contribution in [0.4, 0.5) is 5.69 Å². The Morgan fingerprint density at radius 1 is 1.35 bits per heavy atom. The van der Waals surface area contributed by atoms with Gasteiger partial charge in [-0.05, 0) is 59.8 Å². The van der Waals surface area contributed by atoms with Crippen molar-refractivity contribution in [1.82, 2.24) is 4.72 Å². The third-order valence-corrected chi connectivity index (χ3v) is 5.81. The Bertz CT molecular complexity index is 573. The molecule has 0 saturated heterocycles. The van der Waals surface area contributed by atoms with E-state index in [0.29, 0.717) is 21.6 Å². The van der Waals surface area contributed by atoms with E-state index in [1.807, 2.05) is 6.92 Å². The average Bonchev–Trinajstić information content (AvgIpc) is 2.32. The Morgan fingerprint density at radius 3 is 2.50 bits per heavy atom. The molecule has 114 valence electrons. The second-order valence-corrected chi connectivity index (χ2v) is 7.95. The molecule has 0 aliphatic carbocycles. The van der Waals surface area contributed by atoms with Crippen LogP contribution in [0.5, 0.6) is 0 Å². The quantitative estimate of drug-likeness (QED) is 0.761. The van der Waals surface area contributed by atoms with Gasteiger partial charge in [-0.3, -0.25) is 0 Å². The first-order valence-electron chi connectivity index (χ1n) is 6.75. The van der Waals surface area contributed by atoms with Crippen molar-refractivity contribution >= 4 is 31.6 Å². The Balaban J connectivity index is 2.97. The van der Waals surface area contributed by atoms with E-state index in [1.54, 1.807) is 13.0 Å². The van der Waals surface area contributed by atoms with Crippen LogP contribution < -0.4 is 10.5 Å². The van der Waals surface area contributed by atoms with Gasteiger partial charge >= 0.3 is 0 Å². The molecule has 1 rings (SSSR count). The van der Waals surface area contributed by atoms with Gasteiger partial charge in [-0.15, -0.1) is 0 Å². The summed E-state index contributed by atoms with van der Waals surface area (Å²) in [6.45, 7) is 7.87. The standard InChI is InChI=1S/C14H23BrN2O2S/c1-5-9(2)6-11(4)17-20(18,19)14-8-13(16)12(15)7-10(14)3/h7-9,11,17H,5-6,16H2,1-4H3. The Labute approximate surface area is 130 Å². The molecule has 3 N–H and O–H groups in total. The molecule has 0 aromatic heterocycles. The fraction of sp³-hybridized carbons (Fsp3) is 0.571. The number of hydrogen-bond acceptors (Lipinski definition) is 3. The van der Waals surface area contributed by atoms with E-state index in [2.05, 4.69) is 34.5 Å². The first-order valence-corrected chi connectivity index (χ1v) is 9.03. The van der Waals surface area contributed by atoms with Crippen LogP contribution in [0.15, 0.2) is 21.5 Å². The van der Waals surface area contributed by atoms with Gasteiger partial charge in [0.15, 0.2) is 0 Å². The zero-order chi connectivity index (χ0) is 15.5. The Kier molecular flexibility index (Phi) is 6.04. The highest BCUT2D eigenvalue weighted by atomic mass is 79.9.